The van der Waals surface area contributed by atoms with Crippen molar-refractivity contribution in [3.8, 4) is 5.75 Å². The van der Waals surface area contributed by atoms with E-state index in [4.69, 9.17) is 4.74 Å². The zero-order valence-corrected chi connectivity index (χ0v) is 13.0. The largest absolute Gasteiger partial charge is 0.492 e. The van der Waals surface area contributed by atoms with E-state index in [1.807, 2.05) is 12.1 Å². The van der Waals surface area contributed by atoms with Gasteiger partial charge in [0.2, 0.25) is 5.91 Å². The van der Waals surface area contributed by atoms with Gasteiger partial charge in [0.05, 0.1) is 12.5 Å². The zero-order valence-electron chi connectivity index (χ0n) is 13.0. The number of nitrogens with one attached hydrogen (secondary N) is 2. The van der Waals surface area contributed by atoms with Crippen molar-refractivity contribution in [2.45, 2.75) is 32.6 Å². The van der Waals surface area contributed by atoms with Crippen LogP contribution in [0.15, 0.2) is 24.3 Å². The predicted octanol–water partition coefficient (Wildman–Crippen LogP) is 2.30. The van der Waals surface area contributed by atoms with Crippen LogP contribution in [-0.4, -0.2) is 32.1 Å². The number of hydrogen-bond acceptors (Lipinski definition) is 3. The first-order valence-corrected chi connectivity index (χ1v) is 7.88. The molecule has 116 valence electrons. The van der Waals surface area contributed by atoms with Crippen LogP contribution in [-0.2, 0) is 4.79 Å². The second-order valence-electron chi connectivity index (χ2n) is 5.91. The van der Waals surface area contributed by atoms with E-state index < -0.39 is 0 Å². The summed E-state index contributed by atoms with van der Waals surface area (Å²) in [4.78, 5) is 11.9. The monoisotopic (exact) mass is 290 g/mol. The van der Waals surface area contributed by atoms with Gasteiger partial charge in [0.25, 0.3) is 0 Å². The average molecular weight is 290 g/mol. The van der Waals surface area contributed by atoms with Gasteiger partial charge in [-0.15, -0.1) is 0 Å². The van der Waals surface area contributed by atoms with Crippen LogP contribution in [0, 0.1) is 5.92 Å². The Hall–Kier alpha value is -1.55. The van der Waals surface area contributed by atoms with Crippen molar-refractivity contribution < 1.29 is 9.53 Å². The number of piperidine rings is 1. The third kappa shape index (κ3) is 5.05. The molecule has 1 aromatic rings. The molecular formula is C17H26N2O2. The van der Waals surface area contributed by atoms with Gasteiger partial charge in [-0.1, -0.05) is 26.0 Å². The summed E-state index contributed by atoms with van der Waals surface area (Å²) in [6.07, 6.45) is 2.06. The minimum atomic E-state index is 0.115. The Morgan fingerprint density at radius 1 is 1.38 bits per heavy atom. The standard InChI is InChI=1S/C17H26N2O2/c1-13(2)14-5-7-16(8-6-14)21-11-10-19-17(20)15-4-3-9-18-12-15/h5-8,13,15,18H,3-4,9-12H2,1-2H3,(H,19,20). The van der Waals surface area contributed by atoms with Gasteiger partial charge >= 0.3 is 0 Å². The molecule has 1 aliphatic heterocycles. The van der Waals surface area contributed by atoms with Crippen LogP contribution in [0.3, 0.4) is 0 Å². The Morgan fingerprint density at radius 3 is 2.76 bits per heavy atom. The Labute approximate surface area is 127 Å². The summed E-state index contributed by atoms with van der Waals surface area (Å²) in [7, 11) is 0. The average Bonchev–Trinajstić information content (AvgIpc) is 2.52. The van der Waals surface area contributed by atoms with Crippen LogP contribution in [0.4, 0.5) is 0 Å². The molecule has 0 radical (unpaired) electrons. The molecule has 1 unspecified atom stereocenters. The van der Waals surface area contributed by atoms with Gasteiger partial charge in [-0.25, -0.2) is 0 Å². The van der Waals surface area contributed by atoms with Crippen LogP contribution in [0.25, 0.3) is 0 Å². The number of benzene rings is 1. The molecule has 0 aliphatic carbocycles. The van der Waals surface area contributed by atoms with Crippen molar-refractivity contribution in [1.29, 1.82) is 0 Å². The summed E-state index contributed by atoms with van der Waals surface area (Å²) in [5.74, 6) is 1.64. The first kappa shape index (κ1) is 15.8. The number of carbonyl (C=O) groups excluding carboxylic acids is 1. The van der Waals surface area contributed by atoms with Crippen LogP contribution in [0.1, 0.15) is 38.2 Å². The number of hydrogen-bond donors (Lipinski definition) is 2. The van der Waals surface area contributed by atoms with Gasteiger partial charge in [-0.2, -0.15) is 0 Å². The molecule has 1 fully saturated rings. The highest BCUT2D eigenvalue weighted by Gasteiger charge is 2.20. The van der Waals surface area contributed by atoms with Crippen molar-refractivity contribution in [2.75, 3.05) is 26.2 Å². The minimum Gasteiger partial charge on any atom is -0.492 e. The zero-order chi connectivity index (χ0) is 15.1. The van der Waals surface area contributed by atoms with Crippen LogP contribution < -0.4 is 15.4 Å². The van der Waals surface area contributed by atoms with Gasteiger partial charge in [-0.3, -0.25) is 4.79 Å². The summed E-state index contributed by atoms with van der Waals surface area (Å²) in [5, 5.41) is 6.20. The second kappa shape index (κ2) is 8.03. The normalized spacial score (nSPS) is 18.5. The van der Waals surface area contributed by atoms with E-state index in [1.165, 1.54) is 5.56 Å². The van der Waals surface area contributed by atoms with Crippen molar-refractivity contribution in [3.63, 3.8) is 0 Å². The molecule has 0 saturated carbocycles. The van der Waals surface area contributed by atoms with Crippen LogP contribution in [0.5, 0.6) is 5.75 Å². The van der Waals surface area contributed by atoms with Gasteiger partial charge in [-0.05, 0) is 43.0 Å². The molecule has 1 atom stereocenters. The Kier molecular flexibility index (Phi) is 6.05. The predicted molar refractivity (Wildman–Crippen MR) is 84.6 cm³/mol. The fraction of sp³-hybridized carbons (Fsp3) is 0.588. The lowest BCUT2D eigenvalue weighted by molar-refractivity contribution is -0.125. The van der Waals surface area contributed by atoms with E-state index in [0.717, 1.165) is 31.7 Å². The van der Waals surface area contributed by atoms with Crippen molar-refractivity contribution in [3.05, 3.63) is 29.8 Å². The van der Waals surface area contributed by atoms with E-state index in [9.17, 15) is 4.79 Å². The number of ether oxygens (including phenoxy) is 1. The van der Waals surface area contributed by atoms with Crippen molar-refractivity contribution in [2.24, 2.45) is 5.92 Å². The molecule has 1 heterocycles. The Bertz CT molecular complexity index is 437. The molecule has 0 spiro atoms. The highest BCUT2D eigenvalue weighted by atomic mass is 16.5. The van der Waals surface area contributed by atoms with Crippen LogP contribution >= 0.6 is 0 Å². The Balaban J connectivity index is 1.66. The van der Waals surface area contributed by atoms with E-state index in [2.05, 4.69) is 36.6 Å². The van der Waals surface area contributed by atoms with E-state index in [1.54, 1.807) is 0 Å². The highest BCUT2D eigenvalue weighted by Crippen LogP contribution is 2.18. The Morgan fingerprint density at radius 2 is 2.14 bits per heavy atom. The molecule has 1 aromatic carbocycles. The number of rotatable bonds is 6. The summed E-state index contributed by atoms with van der Waals surface area (Å²) in [6.45, 7) is 7.23. The quantitative estimate of drug-likeness (QED) is 0.791. The maximum absolute atomic E-state index is 11.9. The molecule has 2 N–H and O–H groups in total. The molecule has 1 amide bonds. The molecular weight excluding hydrogens is 264 g/mol. The molecule has 0 bridgehead atoms. The first-order chi connectivity index (χ1) is 10.2. The van der Waals surface area contributed by atoms with Crippen molar-refractivity contribution in [1.82, 2.24) is 10.6 Å². The topological polar surface area (TPSA) is 50.4 Å². The summed E-state index contributed by atoms with van der Waals surface area (Å²) in [6, 6.07) is 8.16. The fourth-order valence-corrected chi connectivity index (χ4v) is 2.51. The van der Waals surface area contributed by atoms with Gasteiger partial charge in [0.15, 0.2) is 0 Å². The molecule has 4 nitrogen and oxygen atoms in total. The minimum absolute atomic E-state index is 0.115. The third-order valence-electron chi connectivity index (χ3n) is 3.88. The van der Waals surface area contributed by atoms with Crippen LogP contribution in [0.2, 0.25) is 0 Å². The van der Waals surface area contributed by atoms with E-state index in [-0.39, 0.29) is 11.8 Å². The van der Waals surface area contributed by atoms with Gasteiger partial charge < -0.3 is 15.4 Å². The molecule has 1 aliphatic rings. The lowest BCUT2D eigenvalue weighted by atomic mass is 9.99. The summed E-state index contributed by atoms with van der Waals surface area (Å²) >= 11 is 0. The maximum atomic E-state index is 11.9. The number of amides is 1. The molecule has 21 heavy (non-hydrogen) atoms. The molecule has 1 saturated heterocycles. The molecule has 4 heteroatoms. The smallest absolute Gasteiger partial charge is 0.224 e. The summed E-state index contributed by atoms with van der Waals surface area (Å²) in [5.41, 5.74) is 1.31. The maximum Gasteiger partial charge on any atom is 0.224 e. The summed E-state index contributed by atoms with van der Waals surface area (Å²) < 4.78 is 5.65. The lowest BCUT2D eigenvalue weighted by Crippen LogP contribution is -2.41. The fourth-order valence-electron chi connectivity index (χ4n) is 2.51. The van der Waals surface area contributed by atoms with Gasteiger partial charge in [0, 0.05) is 6.54 Å². The van der Waals surface area contributed by atoms with Gasteiger partial charge in [0.1, 0.15) is 12.4 Å². The first-order valence-electron chi connectivity index (χ1n) is 7.88. The van der Waals surface area contributed by atoms with E-state index >= 15 is 0 Å². The molecule has 2 rings (SSSR count). The van der Waals surface area contributed by atoms with Crippen molar-refractivity contribution >= 4 is 5.91 Å². The molecule has 0 aromatic heterocycles. The number of carbonyl (C=O) groups is 1. The third-order valence-corrected chi connectivity index (χ3v) is 3.88. The van der Waals surface area contributed by atoms with E-state index in [0.29, 0.717) is 19.1 Å². The second-order valence-corrected chi connectivity index (χ2v) is 5.91. The lowest BCUT2D eigenvalue weighted by Gasteiger charge is -2.21. The highest BCUT2D eigenvalue weighted by molar-refractivity contribution is 5.78. The SMILES string of the molecule is CC(C)c1ccc(OCCNC(=O)C2CCCNC2)cc1.